The molecule has 0 aliphatic heterocycles. The van der Waals surface area contributed by atoms with Crippen LogP contribution < -0.4 is 0 Å². The molecule has 82 valence electrons. The van der Waals surface area contributed by atoms with E-state index in [0.717, 1.165) is 16.3 Å². The first kappa shape index (κ1) is 13.7. The minimum Gasteiger partial charge on any atom is -0.376 e. The molecule has 0 aromatic carbocycles. The third kappa shape index (κ3) is 3.10. The first-order valence-corrected chi connectivity index (χ1v) is 6.14. The molecule has 1 atom stereocenters. The molecule has 0 aliphatic rings. The van der Waals surface area contributed by atoms with E-state index in [2.05, 4.69) is 11.8 Å². The lowest BCUT2D eigenvalue weighted by molar-refractivity contribution is -0.256. The van der Waals surface area contributed by atoms with Crippen LogP contribution in [-0.2, 0) is 14.2 Å². The Morgan fingerprint density at radius 2 is 1.86 bits per heavy atom. The molecule has 0 N–H and O–H groups in total. The Balaban J connectivity index is 4.70. The summed E-state index contributed by atoms with van der Waals surface area (Å²) in [5, 5.41) is 0. The Kier molecular flexibility index (Phi) is 6.84. The highest BCUT2D eigenvalue weighted by Crippen LogP contribution is 2.24. The van der Waals surface area contributed by atoms with Gasteiger partial charge in [-0.05, 0) is 13.0 Å². The summed E-state index contributed by atoms with van der Waals surface area (Å²) in [6.45, 7) is 1.80. The molecule has 0 bridgehead atoms. The Bertz CT molecular complexity index is 199. The van der Waals surface area contributed by atoms with Crippen molar-refractivity contribution >= 4 is 10.2 Å². The smallest absolute Gasteiger partial charge is 0.205 e. The molecule has 0 saturated heterocycles. The van der Waals surface area contributed by atoms with Crippen molar-refractivity contribution in [3.63, 3.8) is 0 Å². The number of hydrogen-bond donors (Lipinski definition) is 0. The van der Waals surface area contributed by atoms with Gasteiger partial charge in [-0.3, -0.25) is 0 Å². The van der Waals surface area contributed by atoms with Crippen LogP contribution in [0.25, 0.3) is 0 Å². The largest absolute Gasteiger partial charge is 0.376 e. The molecule has 0 radical (unpaired) electrons. The standard InChI is InChI=1S/C10H20O3Si/c1-5-6-7-10(12-3,13-4)9(8-14)11-2/h9H,7-8H2,1-4,14H3. The van der Waals surface area contributed by atoms with E-state index in [4.69, 9.17) is 14.2 Å². The zero-order valence-corrected chi connectivity index (χ0v) is 11.7. The number of ether oxygens (including phenoxy) is 3. The van der Waals surface area contributed by atoms with Crippen LogP contribution >= 0.6 is 0 Å². The monoisotopic (exact) mass is 216 g/mol. The van der Waals surface area contributed by atoms with Gasteiger partial charge in [0.25, 0.3) is 0 Å². The number of rotatable bonds is 6. The normalized spacial score (nSPS) is 13.4. The maximum atomic E-state index is 5.41. The summed E-state index contributed by atoms with van der Waals surface area (Å²) in [4.78, 5) is 0. The highest BCUT2D eigenvalue weighted by molar-refractivity contribution is 6.08. The predicted octanol–water partition coefficient (Wildman–Crippen LogP) is 0.188. The van der Waals surface area contributed by atoms with Crippen molar-refractivity contribution in [1.29, 1.82) is 0 Å². The van der Waals surface area contributed by atoms with Gasteiger partial charge in [-0.25, -0.2) is 0 Å². The molecular weight excluding hydrogens is 196 g/mol. The average Bonchev–Trinajstić information content (AvgIpc) is 2.24. The Labute approximate surface area is 89.5 Å². The molecule has 0 heterocycles. The van der Waals surface area contributed by atoms with Crippen LogP contribution in [0, 0.1) is 11.8 Å². The second-order valence-corrected chi connectivity index (χ2v) is 3.77. The fourth-order valence-electron chi connectivity index (χ4n) is 1.47. The molecular formula is C10H20O3Si. The molecule has 0 aromatic rings. The number of hydrogen-bond acceptors (Lipinski definition) is 3. The van der Waals surface area contributed by atoms with Crippen molar-refractivity contribution in [3.05, 3.63) is 0 Å². The highest BCUT2D eigenvalue weighted by atomic mass is 28.1. The van der Waals surface area contributed by atoms with Gasteiger partial charge in [0.1, 0.15) is 6.10 Å². The highest BCUT2D eigenvalue weighted by Gasteiger charge is 2.37. The van der Waals surface area contributed by atoms with E-state index in [0.29, 0.717) is 6.42 Å². The maximum absolute atomic E-state index is 5.41. The van der Waals surface area contributed by atoms with E-state index in [9.17, 15) is 0 Å². The van der Waals surface area contributed by atoms with Crippen molar-refractivity contribution < 1.29 is 14.2 Å². The first-order chi connectivity index (χ1) is 6.70. The van der Waals surface area contributed by atoms with E-state index in [1.165, 1.54) is 0 Å². The van der Waals surface area contributed by atoms with E-state index in [1.54, 1.807) is 28.3 Å². The van der Waals surface area contributed by atoms with Gasteiger partial charge in [-0.15, -0.1) is 5.92 Å². The van der Waals surface area contributed by atoms with E-state index in [-0.39, 0.29) is 6.10 Å². The lowest BCUT2D eigenvalue weighted by atomic mass is 10.1. The molecule has 0 fully saturated rings. The van der Waals surface area contributed by atoms with Crippen molar-refractivity contribution in [1.82, 2.24) is 0 Å². The van der Waals surface area contributed by atoms with Crippen LogP contribution in [0.5, 0.6) is 0 Å². The summed E-state index contributed by atoms with van der Waals surface area (Å²) in [5.74, 6) is 5.11. The van der Waals surface area contributed by atoms with Gasteiger partial charge in [0.2, 0.25) is 5.79 Å². The summed E-state index contributed by atoms with van der Waals surface area (Å²) >= 11 is 0. The van der Waals surface area contributed by atoms with Gasteiger partial charge in [-0.1, -0.05) is 5.92 Å². The van der Waals surface area contributed by atoms with Crippen molar-refractivity contribution in [2.24, 2.45) is 0 Å². The van der Waals surface area contributed by atoms with Gasteiger partial charge in [0.15, 0.2) is 0 Å². The van der Waals surface area contributed by atoms with Crippen LogP contribution in [0.3, 0.4) is 0 Å². The van der Waals surface area contributed by atoms with Crippen LogP contribution in [0.15, 0.2) is 0 Å². The third-order valence-corrected chi connectivity index (χ3v) is 3.09. The molecule has 0 rings (SSSR count). The maximum Gasteiger partial charge on any atom is 0.205 e. The molecule has 0 amide bonds. The molecule has 0 spiro atoms. The zero-order chi connectivity index (χ0) is 11.0. The summed E-state index contributed by atoms with van der Waals surface area (Å²) in [6, 6.07) is 0.962. The lowest BCUT2D eigenvalue weighted by Crippen LogP contribution is -2.46. The fraction of sp³-hybridized carbons (Fsp3) is 0.800. The van der Waals surface area contributed by atoms with E-state index in [1.807, 2.05) is 0 Å². The fourth-order valence-corrected chi connectivity index (χ4v) is 2.43. The molecule has 4 heteroatoms. The summed E-state index contributed by atoms with van der Waals surface area (Å²) in [7, 11) is 5.98. The second kappa shape index (κ2) is 7.02. The van der Waals surface area contributed by atoms with Crippen LogP contribution in [0.4, 0.5) is 0 Å². The Morgan fingerprint density at radius 1 is 1.29 bits per heavy atom. The first-order valence-electron chi connectivity index (χ1n) is 4.73. The van der Waals surface area contributed by atoms with Crippen molar-refractivity contribution in [2.75, 3.05) is 21.3 Å². The second-order valence-electron chi connectivity index (χ2n) is 2.96. The Hall–Kier alpha value is -0.343. The van der Waals surface area contributed by atoms with Gasteiger partial charge < -0.3 is 14.2 Å². The third-order valence-electron chi connectivity index (χ3n) is 2.35. The van der Waals surface area contributed by atoms with E-state index < -0.39 is 5.79 Å². The average molecular weight is 216 g/mol. The molecule has 3 nitrogen and oxygen atoms in total. The molecule has 14 heavy (non-hydrogen) atoms. The zero-order valence-electron chi connectivity index (χ0n) is 9.72. The summed E-state index contributed by atoms with van der Waals surface area (Å²) < 4.78 is 16.2. The van der Waals surface area contributed by atoms with E-state index >= 15 is 0 Å². The van der Waals surface area contributed by atoms with Gasteiger partial charge in [0.05, 0.1) is 6.42 Å². The lowest BCUT2D eigenvalue weighted by Gasteiger charge is -2.35. The van der Waals surface area contributed by atoms with Crippen molar-refractivity contribution in [2.45, 2.75) is 31.3 Å². The van der Waals surface area contributed by atoms with Crippen LogP contribution in [0.2, 0.25) is 6.04 Å². The van der Waals surface area contributed by atoms with Gasteiger partial charge >= 0.3 is 0 Å². The molecule has 0 aliphatic carbocycles. The minimum absolute atomic E-state index is 0.0370. The van der Waals surface area contributed by atoms with Crippen LogP contribution in [-0.4, -0.2) is 43.5 Å². The summed E-state index contributed by atoms with van der Waals surface area (Å²) in [6.07, 6.45) is 0.502. The van der Waals surface area contributed by atoms with Gasteiger partial charge in [-0.2, -0.15) is 0 Å². The summed E-state index contributed by atoms with van der Waals surface area (Å²) in [5.41, 5.74) is 0. The molecule has 0 aromatic heterocycles. The minimum atomic E-state index is -0.709. The Morgan fingerprint density at radius 3 is 2.14 bits per heavy atom. The molecule has 0 saturated carbocycles. The predicted molar refractivity (Wildman–Crippen MR) is 60.4 cm³/mol. The SMILES string of the molecule is CC#CCC(OC)(OC)C(C[SiH3])OC. The van der Waals surface area contributed by atoms with Gasteiger partial charge in [0, 0.05) is 31.6 Å². The molecule has 1 unspecified atom stereocenters. The topological polar surface area (TPSA) is 27.7 Å². The quantitative estimate of drug-likeness (QED) is 0.360. The van der Waals surface area contributed by atoms with Crippen LogP contribution in [0.1, 0.15) is 13.3 Å². The number of methoxy groups -OCH3 is 3. The van der Waals surface area contributed by atoms with Crippen molar-refractivity contribution in [3.8, 4) is 11.8 Å².